The lowest BCUT2D eigenvalue weighted by Crippen LogP contribution is -2.49. The minimum absolute atomic E-state index is 0.0637. The second-order valence-electron chi connectivity index (χ2n) is 5.05. The van der Waals surface area contributed by atoms with E-state index in [1.807, 2.05) is 0 Å². The highest BCUT2D eigenvalue weighted by Crippen LogP contribution is 2.29. The molecule has 1 heterocycles. The Balaban J connectivity index is 1.83. The topological polar surface area (TPSA) is 44.4 Å². The maximum Gasteiger partial charge on any atom is 0.225 e. The molecule has 1 aliphatic heterocycles. The molecule has 0 aliphatic carbocycles. The van der Waals surface area contributed by atoms with Crippen molar-refractivity contribution in [2.45, 2.75) is 19.4 Å². The van der Waals surface area contributed by atoms with Gasteiger partial charge in [-0.05, 0) is 19.1 Å². The summed E-state index contributed by atoms with van der Waals surface area (Å²) in [6.07, 6.45) is 0.439. The second kappa shape index (κ2) is 7.27. The van der Waals surface area contributed by atoms with Crippen LogP contribution in [0.3, 0.4) is 0 Å². The summed E-state index contributed by atoms with van der Waals surface area (Å²) in [5, 5.41) is 7.08. The second-order valence-corrected chi connectivity index (χ2v) is 5.87. The summed E-state index contributed by atoms with van der Waals surface area (Å²) in [7, 11) is 0. The van der Waals surface area contributed by atoms with E-state index in [1.54, 1.807) is 18.2 Å². The average molecular weight is 316 g/mol. The molecule has 0 bridgehead atoms. The first-order chi connectivity index (χ1) is 9.56. The fraction of sp³-hybridized carbons (Fsp3) is 0.500. The number of benzene rings is 1. The van der Waals surface area contributed by atoms with Crippen LogP contribution in [-0.4, -0.2) is 43.0 Å². The van der Waals surface area contributed by atoms with Crippen molar-refractivity contribution < 1.29 is 4.79 Å². The van der Waals surface area contributed by atoms with Crippen molar-refractivity contribution in [3.63, 3.8) is 0 Å². The zero-order valence-electron chi connectivity index (χ0n) is 11.5. The average Bonchev–Trinajstić information content (AvgIpc) is 2.41. The van der Waals surface area contributed by atoms with Crippen LogP contribution in [0.2, 0.25) is 10.0 Å². The third kappa shape index (κ3) is 4.35. The number of carbonyl (C=O) groups is 1. The summed E-state index contributed by atoms with van der Waals surface area (Å²) < 4.78 is 0. The third-order valence-electron chi connectivity index (χ3n) is 3.34. The Kier molecular flexibility index (Phi) is 5.66. The minimum atomic E-state index is -0.0637. The number of para-hydroxylation sites is 1. The van der Waals surface area contributed by atoms with Gasteiger partial charge in [0.25, 0.3) is 0 Å². The van der Waals surface area contributed by atoms with Crippen LogP contribution in [0.15, 0.2) is 18.2 Å². The van der Waals surface area contributed by atoms with Crippen LogP contribution in [0.4, 0.5) is 5.69 Å². The molecule has 1 atom stereocenters. The third-order valence-corrected chi connectivity index (χ3v) is 3.97. The lowest BCUT2D eigenvalue weighted by molar-refractivity contribution is -0.116. The number of carbonyl (C=O) groups excluding carboxylic acids is 1. The maximum absolute atomic E-state index is 12.0. The number of rotatable bonds is 4. The molecule has 6 heteroatoms. The first-order valence-corrected chi connectivity index (χ1v) is 7.51. The maximum atomic E-state index is 12.0. The Bertz CT molecular complexity index is 461. The van der Waals surface area contributed by atoms with Crippen LogP contribution in [0, 0.1) is 0 Å². The van der Waals surface area contributed by atoms with Gasteiger partial charge in [-0.1, -0.05) is 29.3 Å². The Hall–Kier alpha value is -0.810. The van der Waals surface area contributed by atoms with Crippen LogP contribution in [-0.2, 0) is 4.79 Å². The summed E-state index contributed by atoms with van der Waals surface area (Å²) in [5.41, 5.74) is 0.495. The normalized spacial score (nSPS) is 19.9. The number of anilines is 1. The van der Waals surface area contributed by atoms with Gasteiger partial charge in [-0.15, -0.1) is 0 Å². The van der Waals surface area contributed by atoms with Crippen molar-refractivity contribution in [1.29, 1.82) is 0 Å². The first kappa shape index (κ1) is 15.6. The van der Waals surface area contributed by atoms with Crippen molar-refractivity contribution in [3.8, 4) is 0 Å². The molecule has 1 fully saturated rings. The van der Waals surface area contributed by atoms with E-state index in [1.165, 1.54) is 0 Å². The molecule has 0 unspecified atom stereocenters. The summed E-state index contributed by atoms with van der Waals surface area (Å²) in [5.74, 6) is -0.0637. The fourth-order valence-electron chi connectivity index (χ4n) is 2.29. The number of nitrogens with one attached hydrogen (secondary N) is 2. The molecule has 20 heavy (non-hydrogen) atoms. The lowest BCUT2D eigenvalue weighted by Gasteiger charge is -2.31. The molecular formula is C14H19Cl2N3O. The van der Waals surface area contributed by atoms with Crippen LogP contribution < -0.4 is 10.6 Å². The van der Waals surface area contributed by atoms with Crippen LogP contribution in [0.25, 0.3) is 0 Å². The number of hydrogen-bond donors (Lipinski definition) is 2. The molecule has 1 amide bonds. The molecule has 1 aromatic rings. The quantitative estimate of drug-likeness (QED) is 0.897. The zero-order chi connectivity index (χ0) is 14.5. The summed E-state index contributed by atoms with van der Waals surface area (Å²) in [6, 6.07) is 5.65. The summed E-state index contributed by atoms with van der Waals surface area (Å²) in [6.45, 7) is 5.82. The van der Waals surface area contributed by atoms with Gasteiger partial charge in [0, 0.05) is 38.6 Å². The highest BCUT2D eigenvalue weighted by molar-refractivity contribution is 6.39. The van der Waals surface area contributed by atoms with Crippen LogP contribution in [0.1, 0.15) is 13.3 Å². The van der Waals surface area contributed by atoms with E-state index in [4.69, 9.17) is 23.2 Å². The van der Waals surface area contributed by atoms with Crippen LogP contribution in [0.5, 0.6) is 0 Å². The number of hydrogen-bond acceptors (Lipinski definition) is 3. The Labute approximate surface area is 129 Å². The van der Waals surface area contributed by atoms with Crippen molar-refractivity contribution >= 4 is 34.8 Å². The highest BCUT2D eigenvalue weighted by atomic mass is 35.5. The van der Waals surface area contributed by atoms with E-state index in [0.717, 1.165) is 26.2 Å². The van der Waals surface area contributed by atoms with E-state index in [2.05, 4.69) is 22.5 Å². The number of piperazine rings is 1. The van der Waals surface area contributed by atoms with Crippen molar-refractivity contribution in [3.05, 3.63) is 28.2 Å². The predicted octanol–water partition coefficient (Wildman–Crippen LogP) is 2.62. The van der Waals surface area contributed by atoms with Gasteiger partial charge in [-0.3, -0.25) is 4.79 Å². The molecule has 1 aliphatic rings. The number of nitrogens with zero attached hydrogens (tertiary/aromatic N) is 1. The molecule has 0 saturated carbocycles. The van der Waals surface area contributed by atoms with Gasteiger partial charge >= 0.3 is 0 Å². The fourth-order valence-corrected chi connectivity index (χ4v) is 2.79. The minimum Gasteiger partial charge on any atom is -0.324 e. The largest absolute Gasteiger partial charge is 0.324 e. The Morgan fingerprint density at radius 2 is 2.15 bits per heavy atom. The Morgan fingerprint density at radius 3 is 2.80 bits per heavy atom. The highest BCUT2D eigenvalue weighted by Gasteiger charge is 2.16. The Morgan fingerprint density at radius 1 is 1.45 bits per heavy atom. The molecule has 1 aromatic carbocycles. The summed E-state index contributed by atoms with van der Waals surface area (Å²) >= 11 is 12.0. The number of amides is 1. The first-order valence-electron chi connectivity index (χ1n) is 6.76. The van der Waals surface area contributed by atoms with Crippen molar-refractivity contribution in [2.75, 3.05) is 31.5 Å². The van der Waals surface area contributed by atoms with Gasteiger partial charge in [0.05, 0.1) is 15.7 Å². The smallest absolute Gasteiger partial charge is 0.225 e. The van der Waals surface area contributed by atoms with Gasteiger partial charge in [0.1, 0.15) is 0 Å². The monoisotopic (exact) mass is 315 g/mol. The molecular weight excluding hydrogens is 297 g/mol. The predicted molar refractivity (Wildman–Crippen MR) is 83.6 cm³/mol. The molecule has 0 aromatic heterocycles. The van der Waals surface area contributed by atoms with Crippen molar-refractivity contribution in [2.24, 2.45) is 0 Å². The van der Waals surface area contributed by atoms with E-state index in [9.17, 15) is 4.79 Å². The molecule has 0 spiro atoms. The van der Waals surface area contributed by atoms with E-state index in [-0.39, 0.29) is 5.91 Å². The zero-order valence-corrected chi connectivity index (χ0v) is 13.0. The SMILES string of the molecule is C[C@H]1CN(CCC(=O)Nc2c(Cl)cccc2Cl)CCN1. The summed E-state index contributed by atoms with van der Waals surface area (Å²) in [4.78, 5) is 14.3. The van der Waals surface area contributed by atoms with Crippen molar-refractivity contribution in [1.82, 2.24) is 10.2 Å². The number of halogens is 2. The molecule has 0 radical (unpaired) electrons. The van der Waals surface area contributed by atoms with Gasteiger partial charge in [0.2, 0.25) is 5.91 Å². The van der Waals surface area contributed by atoms with E-state index >= 15 is 0 Å². The molecule has 4 nitrogen and oxygen atoms in total. The lowest BCUT2D eigenvalue weighted by atomic mass is 10.2. The van der Waals surface area contributed by atoms with Gasteiger partial charge < -0.3 is 15.5 Å². The van der Waals surface area contributed by atoms with E-state index in [0.29, 0.717) is 28.2 Å². The molecule has 1 saturated heterocycles. The molecule has 110 valence electrons. The van der Waals surface area contributed by atoms with Gasteiger partial charge in [-0.2, -0.15) is 0 Å². The molecule has 2 N–H and O–H groups in total. The standard InChI is InChI=1S/C14H19Cl2N3O/c1-10-9-19(8-6-17-10)7-5-13(20)18-14-11(15)3-2-4-12(14)16/h2-4,10,17H,5-9H2,1H3,(H,18,20)/t10-/m0/s1. The molecule has 2 rings (SSSR count). The van der Waals surface area contributed by atoms with Crippen LogP contribution >= 0.6 is 23.2 Å². The van der Waals surface area contributed by atoms with E-state index < -0.39 is 0 Å². The van der Waals surface area contributed by atoms with Gasteiger partial charge in [-0.25, -0.2) is 0 Å². The van der Waals surface area contributed by atoms with Gasteiger partial charge in [0.15, 0.2) is 0 Å².